The van der Waals surface area contributed by atoms with Gasteiger partial charge < -0.3 is 9.88 Å². The first kappa shape index (κ1) is 16.3. The summed E-state index contributed by atoms with van der Waals surface area (Å²) in [4.78, 5) is 12.1. The summed E-state index contributed by atoms with van der Waals surface area (Å²) in [5.74, 6) is 0.701. The van der Waals surface area contributed by atoms with Crippen LogP contribution in [0.5, 0.6) is 0 Å². The lowest BCUT2D eigenvalue weighted by atomic mass is 10.1. The van der Waals surface area contributed by atoms with Crippen LogP contribution in [0.3, 0.4) is 0 Å². The van der Waals surface area contributed by atoms with Crippen molar-refractivity contribution in [3.8, 4) is 11.4 Å². The molecule has 3 heterocycles. The molecule has 26 heavy (non-hydrogen) atoms. The number of nitrogens with one attached hydrogen (secondary N) is 1. The van der Waals surface area contributed by atoms with Crippen LogP contribution < -0.4 is 5.32 Å². The lowest BCUT2D eigenvalue weighted by Crippen LogP contribution is -2.20. The van der Waals surface area contributed by atoms with Crippen LogP contribution in [0, 0.1) is 5.82 Å². The fourth-order valence-corrected chi connectivity index (χ4v) is 3.05. The summed E-state index contributed by atoms with van der Waals surface area (Å²) in [6, 6.07) is 4.55. The number of rotatable bonds is 4. The first-order chi connectivity index (χ1) is 12.7. The van der Waals surface area contributed by atoms with E-state index in [0.29, 0.717) is 11.4 Å². The standard InChI is InChI=1S/C16H17FN8O/c17-12-6-5-11(16-21-20-14-4-2-1-3-7-25(14)16)8-13(12)19-15(26)9-24-10-18-22-23-24/h5-6,8,10H,1-4,7,9H2,(H,19,26). The number of carbonyl (C=O) groups is 1. The maximum atomic E-state index is 14.1. The van der Waals surface area contributed by atoms with Crippen LogP contribution in [0.15, 0.2) is 24.5 Å². The van der Waals surface area contributed by atoms with Gasteiger partial charge in [0.2, 0.25) is 5.91 Å². The molecule has 134 valence electrons. The zero-order valence-corrected chi connectivity index (χ0v) is 14.0. The van der Waals surface area contributed by atoms with Crippen molar-refractivity contribution in [2.24, 2.45) is 0 Å². The van der Waals surface area contributed by atoms with E-state index in [9.17, 15) is 9.18 Å². The molecule has 1 N–H and O–H groups in total. The highest BCUT2D eigenvalue weighted by molar-refractivity contribution is 5.91. The highest BCUT2D eigenvalue weighted by atomic mass is 19.1. The van der Waals surface area contributed by atoms with Crippen molar-refractivity contribution in [2.45, 2.75) is 38.8 Å². The lowest BCUT2D eigenvalue weighted by molar-refractivity contribution is -0.117. The number of nitrogens with zero attached hydrogens (tertiary/aromatic N) is 7. The summed E-state index contributed by atoms with van der Waals surface area (Å²) in [7, 11) is 0. The molecule has 0 saturated carbocycles. The molecule has 2 aromatic heterocycles. The molecule has 10 heteroatoms. The molecule has 1 aromatic carbocycles. The van der Waals surface area contributed by atoms with E-state index in [1.54, 1.807) is 12.1 Å². The number of hydrogen-bond donors (Lipinski definition) is 1. The first-order valence-corrected chi connectivity index (χ1v) is 8.43. The lowest BCUT2D eigenvalue weighted by Gasteiger charge is -2.10. The fourth-order valence-electron chi connectivity index (χ4n) is 3.05. The number of benzene rings is 1. The number of tetrazole rings is 1. The number of fused-ring (bicyclic) bond motifs is 1. The maximum absolute atomic E-state index is 14.1. The SMILES string of the molecule is O=C(Cn1cnnn1)Nc1cc(-c2nnc3n2CCCCC3)ccc1F. The second kappa shape index (κ2) is 6.98. The highest BCUT2D eigenvalue weighted by Crippen LogP contribution is 2.26. The highest BCUT2D eigenvalue weighted by Gasteiger charge is 2.17. The Morgan fingerprint density at radius 1 is 1.23 bits per heavy atom. The topological polar surface area (TPSA) is 103 Å². The number of carbonyl (C=O) groups excluding carboxylic acids is 1. The Morgan fingerprint density at radius 3 is 3.00 bits per heavy atom. The van der Waals surface area contributed by atoms with Crippen LogP contribution >= 0.6 is 0 Å². The summed E-state index contributed by atoms with van der Waals surface area (Å²) in [5, 5.41) is 21.6. The first-order valence-electron chi connectivity index (χ1n) is 8.43. The smallest absolute Gasteiger partial charge is 0.246 e. The van der Waals surface area contributed by atoms with Crippen molar-refractivity contribution < 1.29 is 9.18 Å². The third-order valence-electron chi connectivity index (χ3n) is 4.31. The van der Waals surface area contributed by atoms with Gasteiger partial charge in [0.05, 0.1) is 5.69 Å². The van der Waals surface area contributed by atoms with E-state index < -0.39 is 11.7 Å². The Morgan fingerprint density at radius 2 is 2.15 bits per heavy atom. The third-order valence-corrected chi connectivity index (χ3v) is 4.31. The van der Waals surface area contributed by atoms with E-state index in [0.717, 1.165) is 38.1 Å². The second-order valence-electron chi connectivity index (χ2n) is 6.15. The summed E-state index contributed by atoms with van der Waals surface area (Å²) in [6.45, 7) is 0.743. The van der Waals surface area contributed by atoms with Crippen molar-refractivity contribution in [3.63, 3.8) is 0 Å². The Labute approximate surface area is 148 Å². The van der Waals surface area contributed by atoms with Gasteiger partial charge in [0.15, 0.2) is 5.82 Å². The number of aromatic nitrogens is 7. The molecule has 1 aliphatic rings. The van der Waals surface area contributed by atoms with Crippen molar-refractivity contribution in [3.05, 3.63) is 36.2 Å². The third kappa shape index (κ3) is 3.30. The molecule has 0 atom stereocenters. The molecule has 0 bridgehead atoms. The number of hydrogen-bond acceptors (Lipinski definition) is 6. The quantitative estimate of drug-likeness (QED) is 0.759. The molecule has 0 saturated heterocycles. The molecule has 3 aromatic rings. The van der Waals surface area contributed by atoms with Gasteiger partial charge in [-0.1, -0.05) is 6.42 Å². The van der Waals surface area contributed by atoms with E-state index in [1.807, 2.05) is 0 Å². The van der Waals surface area contributed by atoms with Gasteiger partial charge in [-0.2, -0.15) is 0 Å². The van der Waals surface area contributed by atoms with Gasteiger partial charge in [0.25, 0.3) is 0 Å². The van der Waals surface area contributed by atoms with Crippen molar-refractivity contribution in [2.75, 3.05) is 5.32 Å². The van der Waals surface area contributed by atoms with Gasteiger partial charge in [-0.25, -0.2) is 9.07 Å². The summed E-state index contributed by atoms with van der Waals surface area (Å²) < 4.78 is 17.5. The largest absolute Gasteiger partial charge is 0.322 e. The van der Waals surface area contributed by atoms with Crippen LogP contribution in [0.4, 0.5) is 10.1 Å². The Kier molecular flexibility index (Phi) is 4.38. The van der Waals surface area contributed by atoms with Gasteiger partial charge in [-0.05, 0) is 41.5 Å². The summed E-state index contributed by atoms with van der Waals surface area (Å²) in [6.07, 6.45) is 5.53. The fraction of sp³-hybridized carbons (Fsp3) is 0.375. The predicted octanol–water partition coefficient (Wildman–Crippen LogP) is 1.44. The van der Waals surface area contributed by atoms with Crippen molar-refractivity contribution in [1.29, 1.82) is 0 Å². The van der Waals surface area contributed by atoms with Crippen LogP contribution in [0.25, 0.3) is 11.4 Å². The van der Waals surface area contributed by atoms with Crippen LogP contribution in [0.1, 0.15) is 25.1 Å². The predicted molar refractivity (Wildman–Crippen MR) is 89.4 cm³/mol. The maximum Gasteiger partial charge on any atom is 0.246 e. The van der Waals surface area contributed by atoms with Gasteiger partial charge in [-0.3, -0.25) is 4.79 Å². The monoisotopic (exact) mass is 356 g/mol. The number of halogens is 1. The zero-order chi connectivity index (χ0) is 17.9. The Balaban J connectivity index is 1.58. The molecule has 0 unspecified atom stereocenters. The molecular weight excluding hydrogens is 339 g/mol. The molecule has 1 amide bonds. The normalized spacial score (nSPS) is 13.9. The minimum Gasteiger partial charge on any atom is -0.322 e. The number of anilines is 1. The Hall–Kier alpha value is -3.17. The molecule has 0 spiro atoms. The number of amides is 1. The summed E-state index contributed by atoms with van der Waals surface area (Å²) in [5.41, 5.74) is 0.802. The molecule has 0 radical (unpaired) electrons. The molecule has 4 rings (SSSR count). The van der Waals surface area contributed by atoms with Crippen LogP contribution in [0.2, 0.25) is 0 Å². The number of aryl methyl sites for hydroxylation is 1. The average molecular weight is 356 g/mol. The second-order valence-corrected chi connectivity index (χ2v) is 6.15. The zero-order valence-electron chi connectivity index (χ0n) is 14.0. The van der Waals surface area contributed by atoms with Crippen LogP contribution in [-0.2, 0) is 24.3 Å². The minimum atomic E-state index is -0.519. The van der Waals surface area contributed by atoms with E-state index in [-0.39, 0.29) is 12.2 Å². The molecular formula is C16H17FN8O. The molecule has 0 fully saturated rings. The molecule has 1 aliphatic heterocycles. The molecule has 9 nitrogen and oxygen atoms in total. The van der Waals surface area contributed by atoms with Gasteiger partial charge >= 0.3 is 0 Å². The van der Waals surface area contributed by atoms with E-state index in [2.05, 4.69) is 35.6 Å². The van der Waals surface area contributed by atoms with Gasteiger partial charge in [0.1, 0.15) is 24.5 Å². The summed E-state index contributed by atoms with van der Waals surface area (Å²) >= 11 is 0. The van der Waals surface area contributed by atoms with E-state index >= 15 is 0 Å². The Bertz CT molecular complexity index is 920. The van der Waals surface area contributed by atoms with E-state index in [4.69, 9.17) is 0 Å². The van der Waals surface area contributed by atoms with Crippen LogP contribution in [-0.4, -0.2) is 40.9 Å². The average Bonchev–Trinajstić information content (AvgIpc) is 3.21. The van der Waals surface area contributed by atoms with Crippen molar-refractivity contribution >= 4 is 11.6 Å². The van der Waals surface area contributed by atoms with Gasteiger partial charge in [-0.15, -0.1) is 15.3 Å². The van der Waals surface area contributed by atoms with Crippen molar-refractivity contribution in [1.82, 2.24) is 35.0 Å². The molecule has 0 aliphatic carbocycles. The van der Waals surface area contributed by atoms with E-state index in [1.165, 1.54) is 17.1 Å². The van der Waals surface area contributed by atoms with Gasteiger partial charge in [0, 0.05) is 18.5 Å². The minimum absolute atomic E-state index is 0.0894.